The summed E-state index contributed by atoms with van der Waals surface area (Å²) in [5.74, 6) is -1.64. The number of rotatable bonds is 10. The molecule has 3 N–H and O–H groups in total. The average molecular weight is 498 g/mol. The summed E-state index contributed by atoms with van der Waals surface area (Å²) in [5.41, 5.74) is 7.52. The van der Waals surface area contributed by atoms with Gasteiger partial charge < -0.3 is 25.1 Å². The molecule has 3 aromatic rings. The van der Waals surface area contributed by atoms with E-state index in [1.165, 1.54) is 4.90 Å². The number of aliphatic hydroxyl groups is 1. The molecule has 192 valence electrons. The lowest BCUT2D eigenvalue weighted by Gasteiger charge is -2.41. The number of hydrogen-bond acceptors (Lipinski definition) is 4. The molecule has 0 fully saturated rings. The van der Waals surface area contributed by atoms with Crippen LogP contribution in [0.1, 0.15) is 44.5 Å². The number of carbonyl (C=O) groups excluding carboxylic acids is 2. The number of halogens is 2. The van der Waals surface area contributed by atoms with E-state index in [0.717, 1.165) is 23.8 Å². The smallest absolute Gasteiger partial charge is 0.248 e. The van der Waals surface area contributed by atoms with E-state index in [2.05, 4.69) is 0 Å². The second-order valence-electron chi connectivity index (χ2n) is 9.99. The minimum atomic E-state index is -0.757. The standard InChI is InChI=1S/C28H33F2N3O3/c1-28(2,3)27(33(26(36)18-35)12-11-22(31)17-34)25-13-20(23-14-21(29)9-10-24(23)30)16-32(25)15-19-7-5-4-6-8-19/h4-10,13-14,16-17,22,27,35H,11-12,15,18,31H2,1-3H3/t22-,27-/m0/s1. The highest BCUT2D eigenvalue weighted by Crippen LogP contribution is 2.41. The van der Waals surface area contributed by atoms with Crippen LogP contribution in [-0.2, 0) is 16.1 Å². The second kappa shape index (κ2) is 11.6. The molecule has 0 bridgehead atoms. The largest absolute Gasteiger partial charge is 0.387 e. The van der Waals surface area contributed by atoms with Gasteiger partial charge in [-0.05, 0) is 41.7 Å². The second-order valence-corrected chi connectivity index (χ2v) is 9.99. The lowest BCUT2D eigenvalue weighted by molar-refractivity contribution is -0.139. The predicted octanol–water partition coefficient (Wildman–Crippen LogP) is 4.31. The van der Waals surface area contributed by atoms with Gasteiger partial charge in [-0.1, -0.05) is 51.1 Å². The minimum Gasteiger partial charge on any atom is -0.387 e. The molecule has 1 heterocycles. The lowest BCUT2D eigenvalue weighted by atomic mass is 9.82. The summed E-state index contributed by atoms with van der Waals surface area (Å²) in [6.45, 7) is 5.72. The summed E-state index contributed by atoms with van der Waals surface area (Å²) in [4.78, 5) is 25.6. The maximum absolute atomic E-state index is 14.7. The topological polar surface area (TPSA) is 88.6 Å². The highest BCUT2D eigenvalue weighted by Gasteiger charge is 2.37. The SMILES string of the molecule is CC(C)(C)[C@H](c1cc(-c2cc(F)ccc2F)cn1Cc1ccccc1)N(CC[C@H](N)C=O)C(=O)CO. The van der Waals surface area contributed by atoms with Gasteiger partial charge in [-0.25, -0.2) is 8.78 Å². The Balaban J connectivity index is 2.19. The van der Waals surface area contributed by atoms with E-state index in [4.69, 9.17) is 5.73 Å². The van der Waals surface area contributed by atoms with E-state index in [9.17, 15) is 23.5 Å². The molecule has 0 aliphatic heterocycles. The van der Waals surface area contributed by atoms with E-state index in [-0.39, 0.29) is 18.5 Å². The summed E-state index contributed by atoms with van der Waals surface area (Å²) < 4.78 is 30.7. The number of aliphatic hydroxyl groups excluding tert-OH is 1. The fourth-order valence-corrected chi connectivity index (χ4v) is 4.46. The normalized spacial score (nSPS) is 13.3. The maximum Gasteiger partial charge on any atom is 0.248 e. The molecule has 36 heavy (non-hydrogen) atoms. The molecule has 6 nitrogen and oxygen atoms in total. The van der Waals surface area contributed by atoms with Gasteiger partial charge >= 0.3 is 0 Å². The first-order chi connectivity index (χ1) is 17.0. The zero-order valence-electron chi connectivity index (χ0n) is 20.8. The van der Waals surface area contributed by atoms with Crippen molar-refractivity contribution in [3.63, 3.8) is 0 Å². The fourth-order valence-electron chi connectivity index (χ4n) is 4.46. The fraction of sp³-hybridized carbons (Fsp3) is 0.357. The summed E-state index contributed by atoms with van der Waals surface area (Å²) >= 11 is 0. The molecular weight excluding hydrogens is 464 g/mol. The Morgan fingerprint density at radius 3 is 2.44 bits per heavy atom. The lowest BCUT2D eigenvalue weighted by Crippen LogP contribution is -2.45. The quantitative estimate of drug-likeness (QED) is 0.409. The van der Waals surface area contributed by atoms with Crippen molar-refractivity contribution in [2.24, 2.45) is 11.1 Å². The number of carbonyl (C=O) groups is 2. The van der Waals surface area contributed by atoms with Gasteiger partial charge in [-0.3, -0.25) is 4.79 Å². The highest BCUT2D eigenvalue weighted by molar-refractivity contribution is 5.78. The zero-order chi connectivity index (χ0) is 26.5. The molecule has 2 aromatic carbocycles. The molecule has 0 saturated carbocycles. The summed E-state index contributed by atoms with van der Waals surface area (Å²) in [5, 5.41) is 9.75. The molecule has 0 saturated heterocycles. The van der Waals surface area contributed by atoms with Crippen molar-refractivity contribution >= 4 is 12.2 Å². The van der Waals surface area contributed by atoms with Gasteiger partial charge in [-0.2, -0.15) is 0 Å². The van der Waals surface area contributed by atoms with Crippen LogP contribution in [0.5, 0.6) is 0 Å². The van der Waals surface area contributed by atoms with Gasteiger partial charge in [0.05, 0.1) is 12.1 Å². The van der Waals surface area contributed by atoms with Crippen molar-refractivity contribution in [2.45, 2.75) is 45.8 Å². The third kappa shape index (κ3) is 6.44. The average Bonchev–Trinajstić information content (AvgIpc) is 3.24. The molecule has 0 spiro atoms. The van der Waals surface area contributed by atoms with Crippen molar-refractivity contribution in [1.29, 1.82) is 0 Å². The summed E-state index contributed by atoms with van der Waals surface area (Å²) in [6, 6.07) is 13.4. The van der Waals surface area contributed by atoms with E-state index < -0.39 is 41.6 Å². The molecule has 0 radical (unpaired) electrons. The van der Waals surface area contributed by atoms with Crippen molar-refractivity contribution in [1.82, 2.24) is 9.47 Å². The van der Waals surface area contributed by atoms with Crippen LogP contribution in [0, 0.1) is 17.0 Å². The molecular formula is C28H33F2N3O3. The van der Waals surface area contributed by atoms with Crippen molar-refractivity contribution in [3.8, 4) is 11.1 Å². The maximum atomic E-state index is 14.7. The first-order valence-corrected chi connectivity index (χ1v) is 11.9. The van der Waals surface area contributed by atoms with Crippen LogP contribution in [0.25, 0.3) is 11.1 Å². The van der Waals surface area contributed by atoms with Gasteiger partial charge in [0.1, 0.15) is 24.5 Å². The first-order valence-electron chi connectivity index (χ1n) is 11.9. The molecule has 1 aromatic heterocycles. The Labute approximate surface area is 210 Å². The van der Waals surface area contributed by atoms with Gasteiger partial charge in [-0.15, -0.1) is 0 Å². The van der Waals surface area contributed by atoms with Gasteiger partial charge in [0.15, 0.2) is 0 Å². The number of aromatic nitrogens is 1. The third-order valence-electron chi connectivity index (χ3n) is 6.11. The van der Waals surface area contributed by atoms with E-state index >= 15 is 0 Å². The molecule has 0 unspecified atom stereocenters. The molecule has 2 atom stereocenters. The molecule has 0 aliphatic carbocycles. The zero-order valence-corrected chi connectivity index (χ0v) is 20.8. The summed E-state index contributed by atoms with van der Waals surface area (Å²) in [6.07, 6.45) is 2.58. The van der Waals surface area contributed by atoms with Crippen molar-refractivity contribution in [2.75, 3.05) is 13.2 Å². The predicted molar refractivity (Wildman–Crippen MR) is 135 cm³/mol. The number of hydrogen-bond donors (Lipinski definition) is 2. The Morgan fingerprint density at radius 2 is 1.83 bits per heavy atom. The van der Waals surface area contributed by atoms with Crippen LogP contribution < -0.4 is 5.73 Å². The first kappa shape index (κ1) is 27.2. The van der Waals surface area contributed by atoms with Crippen LogP contribution in [0.2, 0.25) is 0 Å². The van der Waals surface area contributed by atoms with Crippen molar-refractivity contribution < 1.29 is 23.5 Å². The Bertz CT molecular complexity index is 1190. The summed E-state index contributed by atoms with van der Waals surface area (Å²) in [7, 11) is 0. The Morgan fingerprint density at radius 1 is 1.14 bits per heavy atom. The Kier molecular flexibility index (Phi) is 8.76. The van der Waals surface area contributed by atoms with Crippen LogP contribution >= 0.6 is 0 Å². The number of aldehydes is 1. The number of amides is 1. The molecule has 0 aliphatic rings. The monoisotopic (exact) mass is 497 g/mol. The van der Waals surface area contributed by atoms with Crippen LogP contribution in [0.4, 0.5) is 8.78 Å². The van der Waals surface area contributed by atoms with E-state index in [1.807, 2.05) is 55.7 Å². The number of nitrogens with two attached hydrogens (primary N) is 1. The van der Waals surface area contributed by atoms with Crippen LogP contribution in [0.3, 0.4) is 0 Å². The highest BCUT2D eigenvalue weighted by atomic mass is 19.1. The Hall–Kier alpha value is -3.36. The van der Waals surface area contributed by atoms with E-state index in [1.54, 1.807) is 12.3 Å². The van der Waals surface area contributed by atoms with Crippen molar-refractivity contribution in [3.05, 3.63) is 83.7 Å². The molecule has 1 amide bonds. The van der Waals surface area contributed by atoms with Gasteiger partial charge in [0.25, 0.3) is 0 Å². The number of nitrogens with zero attached hydrogens (tertiary/aromatic N) is 2. The van der Waals surface area contributed by atoms with Gasteiger partial charge in [0.2, 0.25) is 5.91 Å². The van der Waals surface area contributed by atoms with Gasteiger partial charge in [0, 0.05) is 36.1 Å². The minimum absolute atomic E-state index is 0.110. The van der Waals surface area contributed by atoms with E-state index in [0.29, 0.717) is 24.1 Å². The molecule has 8 heteroatoms. The van der Waals surface area contributed by atoms with Crippen LogP contribution in [-0.4, -0.2) is 46.0 Å². The third-order valence-corrected chi connectivity index (χ3v) is 6.11. The van der Waals surface area contributed by atoms with Crippen LogP contribution in [0.15, 0.2) is 60.8 Å². The number of benzene rings is 2. The molecule has 3 rings (SSSR count).